The van der Waals surface area contributed by atoms with Crippen LogP contribution >= 0.6 is 38.9 Å². The smallest absolute Gasteiger partial charge is 0.296 e. The quantitative estimate of drug-likeness (QED) is 0.348. The molecule has 3 aromatic heterocycles. The largest absolute Gasteiger partial charge is 0.457 e. The second-order valence-corrected chi connectivity index (χ2v) is 9.35. The summed E-state index contributed by atoms with van der Waals surface area (Å²) >= 11 is 10.4. The molecule has 0 aliphatic heterocycles. The second-order valence-electron chi connectivity index (χ2n) is 6.99. The first-order valence-electron chi connectivity index (χ1n) is 9.51. The first-order chi connectivity index (χ1) is 15.5. The van der Waals surface area contributed by atoms with Crippen molar-refractivity contribution in [3.8, 4) is 11.3 Å². The number of hydrogen-bond acceptors (Lipinski definition) is 6. The Labute approximate surface area is 198 Å². The van der Waals surface area contributed by atoms with Crippen LogP contribution in [0.2, 0.25) is 5.02 Å². The zero-order valence-electron chi connectivity index (χ0n) is 16.3. The van der Waals surface area contributed by atoms with Crippen molar-refractivity contribution in [1.82, 2.24) is 14.6 Å². The summed E-state index contributed by atoms with van der Waals surface area (Å²) in [5.41, 5.74) is 1.17. The van der Waals surface area contributed by atoms with Gasteiger partial charge in [-0.05, 0) is 42.0 Å². The van der Waals surface area contributed by atoms with Gasteiger partial charge in [0.15, 0.2) is 0 Å². The Balaban J connectivity index is 1.51. The average Bonchev–Trinajstić information content (AvgIpc) is 3.36. The normalized spacial score (nSPS) is 12.0. The van der Waals surface area contributed by atoms with Crippen LogP contribution in [0.25, 0.3) is 22.4 Å². The topological polar surface area (TPSA) is 77.5 Å². The number of thiazole rings is 1. The van der Waals surface area contributed by atoms with Gasteiger partial charge < -0.3 is 4.42 Å². The van der Waals surface area contributed by atoms with Crippen LogP contribution in [0.5, 0.6) is 0 Å². The van der Waals surface area contributed by atoms with Gasteiger partial charge in [0.2, 0.25) is 4.96 Å². The predicted molar refractivity (Wildman–Crippen MR) is 128 cm³/mol. The number of nitrogens with zero attached hydrogens (tertiary/aromatic N) is 3. The molecule has 0 bridgehead atoms. The highest BCUT2D eigenvalue weighted by atomic mass is 79.9. The highest BCUT2D eigenvalue weighted by molar-refractivity contribution is 9.10. The van der Waals surface area contributed by atoms with E-state index in [0.29, 0.717) is 21.1 Å². The fourth-order valence-corrected chi connectivity index (χ4v) is 4.45. The standard InChI is InChI=1S/C23H13BrClN3O3S/c24-15-5-3-14(4-6-15)19-10-9-17(31-19)12-20-22(30)28-23(32-20)26-21(29)18(27-28)11-13-1-7-16(25)8-2-13/h1-10,12H,11H2/b20-12-. The van der Waals surface area contributed by atoms with Gasteiger partial charge in [-0.25, -0.2) is 0 Å². The average molecular weight is 527 g/mol. The molecular formula is C23H13BrClN3O3S. The summed E-state index contributed by atoms with van der Waals surface area (Å²) < 4.78 is 8.40. The van der Waals surface area contributed by atoms with E-state index in [1.165, 1.54) is 4.52 Å². The first-order valence-corrected chi connectivity index (χ1v) is 11.5. The van der Waals surface area contributed by atoms with Crippen LogP contribution in [0, 0.1) is 0 Å². The van der Waals surface area contributed by atoms with E-state index in [0.717, 1.165) is 26.9 Å². The van der Waals surface area contributed by atoms with E-state index in [-0.39, 0.29) is 22.6 Å². The summed E-state index contributed by atoms with van der Waals surface area (Å²) in [4.78, 5) is 29.6. The molecule has 32 heavy (non-hydrogen) atoms. The zero-order chi connectivity index (χ0) is 22.2. The summed E-state index contributed by atoms with van der Waals surface area (Å²) in [5.74, 6) is 1.21. The molecule has 158 valence electrons. The first kappa shape index (κ1) is 20.8. The van der Waals surface area contributed by atoms with Crippen molar-refractivity contribution in [3.05, 3.63) is 112 Å². The molecule has 5 rings (SSSR count). The van der Waals surface area contributed by atoms with Crippen LogP contribution in [0.4, 0.5) is 0 Å². The Kier molecular flexibility index (Phi) is 5.50. The number of halogens is 2. The molecule has 0 unspecified atom stereocenters. The molecule has 0 amide bonds. The van der Waals surface area contributed by atoms with E-state index in [1.54, 1.807) is 24.3 Å². The minimum Gasteiger partial charge on any atom is -0.457 e. The van der Waals surface area contributed by atoms with Gasteiger partial charge in [-0.2, -0.15) is 14.6 Å². The van der Waals surface area contributed by atoms with E-state index >= 15 is 0 Å². The van der Waals surface area contributed by atoms with Crippen LogP contribution in [-0.2, 0) is 6.42 Å². The van der Waals surface area contributed by atoms with Crippen LogP contribution < -0.4 is 15.7 Å². The zero-order valence-corrected chi connectivity index (χ0v) is 19.4. The lowest BCUT2D eigenvalue weighted by Gasteiger charge is -2.00. The second kappa shape index (κ2) is 8.46. The van der Waals surface area contributed by atoms with Gasteiger partial charge in [0.05, 0.1) is 0 Å². The minimum absolute atomic E-state index is 0.196. The van der Waals surface area contributed by atoms with Gasteiger partial charge in [0.25, 0.3) is 11.1 Å². The van der Waals surface area contributed by atoms with Crippen molar-refractivity contribution < 1.29 is 4.42 Å². The van der Waals surface area contributed by atoms with Crippen molar-refractivity contribution in [2.45, 2.75) is 6.42 Å². The molecule has 2 aromatic carbocycles. The van der Waals surface area contributed by atoms with Gasteiger partial charge in [0.1, 0.15) is 21.7 Å². The molecule has 0 N–H and O–H groups in total. The number of furan rings is 1. The summed E-state index contributed by atoms with van der Waals surface area (Å²) in [6, 6.07) is 18.5. The molecular weight excluding hydrogens is 514 g/mol. The summed E-state index contributed by atoms with van der Waals surface area (Å²) in [7, 11) is 0. The van der Waals surface area contributed by atoms with Crippen LogP contribution in [0.15, 0.2) is 79.1 Å². The lowest BCUT2D eigenvalue weighted by molar-refractivity contribution is 0.571. The molecule has 0 saturated carbocycles. The van der Waals surface area contributed by atoms with E-state index in [1.807, 2.05) is 42.5 Å². The molecule has 0 atom stereocenters. The Morgan fingerprint density at radius 3 is 2.53 bits per heavy atom. The fourth-order valence-electron chi connectivity index (χ4n) is 3.18. The van der Waals surface area contributed by atoms with Gasteiger partial charge in [-0.1, -0.05) is 63.1 Å². The molecule has 0 spiro atoms. The van der Waals surface area contributed by atoms with Crippen molar-refractivity contribution in [3.63, 3.8) is 0 Å². The fraction of sp³-hybridized carbons (Fsp3) is 0.0435. The third kappa shape index (κ3) is 4.17. The predicted octanol–water partition coefficient (Wildman–Crippen LogP) is 4.33. The van der Waals surface area contributed by atoms with E-state index in [9.17, 15) is 9.59 Å². The molecule has 0 fully saturated rings. The Morgan fingerprint density at radius 2 is 1.78 bits per heavy atom. The summed E-state index contributed by atoms with van der Waals surface area (Å²) in [6.07, 6.45) is 1.89. The maximum atomic E-state index is 12.9. The Hall–Kier alpha value is -3.07. The van der Waals surface area contributed by atoms with Gasteiger partial charge >= 0.3 is 0 Å². The third-order valence-electron chi connectivity index (χ3n) is 4.76. The highest BCUT2D eigenvalue weighted by Gasteiger charge is 2.12. The molecule has 6 nitrogen and oxygen atoms in total. The highest BCUT2D eigenvalue weighted by Crippen LogP contribution is 2.24. The number of benzene rings is 2. The van der Waals surface area contributed by atoms with Crippen LogP contribution in [-0.4, -0.2) is 14.6 Å². The van der Waals surface area contributed by atoms with Crippen molar-refractivity contribution in [1.29, 1.82) is 0 Å². The SMILES string of the molecule is O=c1nc2s/c(=C\c3ccc(-c4ccc(Br)cc4)o3)c(=O)n2nc1Cc1ccc(Cl)cc1. The maximum Gasteiger partial charge on any atom is 0.296 e. The molecule has 0 radical (unpaired) electrons. The molecule has 0 saturated heterocycles. The van der Waals surface area contributed by atoms with Crippen molar-refractivity contribution >= 4 is 49.9 Å². The maximum absolute atomic E-state index is 12.9. The monoisotopic (exact) mass is 525 g/mol. The van der Waals surface area contributed by atoms with E-state index in [2.05, 4.69) is 26.0 Å². The van der Waals surface area contributed by atoms with E-state index in [4.69, 9.17) is 16.0 Å². The summed E-state index contributed by atoms with van der Waals surface area (Å²) in [5, 5.41) is 4.87. The number of aromatic nitrogens is 3. The number of hydrogen-bond donors (Lipinski definition) is 0. The third-order valence-corrected chi connectivity index (χ3v) is 6.50. The number of fused-ring (bicyclic) bond motifs is 1. The summed E-state index contributed by atoms with van der Waals surface area (Å²) in [6.45, 7) is 0. The number of rotatable bonds is 4. The molecule has 9 heteroatoms. The minimum atomic E-state index is -0.455. The molecule has 0 aliphatic carbocycles. The lowest BCUT2D eigenvalue weighted by atomic mass is 10.1. The van der Waals surface area contributed by atoms with Gasteiger partial charge in [0, 0.05) is 27.6 Å². The lowest BCUT2D eigenvalue weighted by Crippen LogP contribution is -2.28. The Morgan fingerprint density at radius 1 is 1.03 bits per heavy atom. The van der Waals surface area contributed by atoms with Gasteiger partial charge in [-0.15, -0.1) is 0 Å². The molecule has 3 heterocycles. The van der Waals surface area contributed by atoms with Crippen molar-refractivity contribution in [2.75, 3.05) is 0 Å². The molecule has 5 aromatic rings. The van der Waals surface area contributed by atoms with E-state index < -0.39 is 5.56 Å². The molecule has 0 aliphatic rings. The Bertz CT molecular complexity index is 1610. The van der Waals surface area contributed by atoms with Gasteiger partial charge in [-0.3, -0.25) is 9.59 Å². The van der Waals surface area contributed by atoms with Crippen LogP contribution in [0.1, 0.15) is 17.0 Å². The van der Waals surface area contributed by atoms with Crippen molar-refractivity contribution in [2.24, 2.45) is 0 Å². The van der Waals surface area contributed by atoms with Crippen LogP contribution in [0.3, 0.4) is 0 Å².